The molecule has 184 valence electrons. The Bertz CT molecular complexity index is 1100. The molecule has 0 unspecified atom stereocenters. The van der Waals surface area contributed by atoms with Gasteiger partial charge in [-0.2, -0.15) is 10.2 Å². The summed E-state index contributed by atoms with van der Waals surface area (Å²) in [5, 5.41) is 16.7. The zero-order valence-electron chi connectivity index (χ0n) is 21.5. The Kier molecular flexibility index (Phi) is 6.76. The number of likely N-dealkylation sites (tertiary alicyclic amines) is 1. The number of piperidine rings is 1. The Labute approximate surface area is 203 Å². The number of aromatic nitrogens is 5. The topological polar surface area (TPSA) is 74.1 Å². The van der Waals surface area contributed by atoms with Crippen molar-refractivity contribution < 1.29 is 0 Å². The average Bonchev–Trinajstić information content (AvgIpc) is 3.47. The molecule has 0 radical (unpaired) electrons. The van der Waals surface area contributed by atoms with Crippen molar-refractivity contribution in [3.05, 3.63) is 35.4 Å². The number of rotatable bonds is 6. The largest absolute Gasteiger partial charge is 0.311 e. The SMILES string of the molecule is Cc1cc(-c2n[nH]c(C3CCC(NC4CCN(C(C)C)CC4)CC3)c2C(C)C)cn2ncnc12. The summed E-state index contributed by atoms with van der Waals surface area (Å²) >= 11 is 0. The van der Waals surface area contributed by atoms with Gasteiger partial charge in [-0.15, -0.1) is 0 Å². The fourth-order valence-electron chi connectivity index (χ4n) is 6.17. The third-order valence-corrected chi connectivity index (χ3v) is 8.11. The van der Waals surface area contributed by atoms with Gasteiger partial charge in [0.05, 0.1) is 5.69 Å². The van der Waals surface area contributed by atoms with Crippen molar-refractivity contribution >= 4 is 5.65 Å². The Morgan fingerprint density at radius 1 is 1.00 bits per heavy atom. The van der Waals surface area contributed by atoms with Crippen LogP contribution in [0.4, 0.5) is 0 Å². The summed E-state index contributed by atoms with van der Waals surface area (Å²) in [6, 6.07) is 4.22. The number of H-pyrrole nitrogens is 1. The lowest BCUT2D eigenvalue weighted by molar-refractivity contribution is 0.151. The molecule has 2 N–H and O–H groups in total. The number of aromatic amines is 1. The molecule has 0 spiro atoms. The molecule has 1 aliphatic carbocycles. The van der Waals surface area contributed by atoms with Crippen LogP contribution in [0, 0.1) is 6.92 Å². The van der Waals surface area contributed by atoms with Gasteiger partial charge in [0.25, 0.3) is 0 Å². The molecule has 4 heterocycles. The fraction of sp³-hybridized carbons (Fsp3) is 0.667. The second-order valence-corrected chi connectivity index (χ2v) is 11.1. The smallest absolute Gasteiger partial charge is 0.158 e. The van der Waals surface area contributed by atoms with Gasteiger partial charge in [0.1, 0.15) is 6.33 Å². The Morgan fingerprint density at radius 2 is 1.71 bits per heavy atom. The molecule has 7 heteroatoms. The number of pyridine rings is 1. The van der Waals surface area contributed by atoms with Crippen molar-refractivity contribution in [2.45, 2.75) is 103 Å². The van der Waals surface area contributed by atoms with Gasteiger partial charge in [-0.05, 0) is 89.9 Å². The van der Waals surface area contributed by atoms with Crippen molar-refractivity contribution in [2.75, 3.05) is 13.1 Å². The van der Waals surface area contributed by atoms with E-state index in [0.29, 0.717) is 30.0 Å². The Morgan fingerprint density at radius 3 is 2.38 bits per heavy atom. The van der Waals surface area contributed by atoms with Crippen LogP contribution >= 0.6 is 0 Å². The summed E-state index contributed by atoms with van der Waals surface area (Å²) < 4.78 is 1.87. The summed E-state index contributed by atoms with van der Waals surface area (Å²) in [5.74, 6) is 0.980. The minimum absolute atomic E-state index is 0.414. The quantitative estimate of drug-likeness (QED) is 0.536. The molecule has 1 saturated heterocycles. The molecule has 1 saturated carbocycles. The van der Waals surface area contributed by atoms with E-state index < -0.39 is 0 Å². The predicted octanol–water partition coefficient (Wildman–Crippen LogP) is 5.04. The summed E-state index contributed by atoms with van der Waals surface area (Å²) in [5.41, 5.74) is 6.94. The van der Waals surface area contributed by atoms with E-state index in [1.165, 1.54) is 62.9 Å². The van der Waals surface area contributed by atoms with Crippen LogP contribution in [-0.4, -0.2) is 60.9 Å². The molecule has 0 amide bonds. The van der Waals surface area contributed by atoms with Gasteiger partial charge >= 0.3 is 0 Å². The van der Waals surface area contributed by atoms with Gasteiger partial charge in [-0.25, -0.2) is 9.50 Å². The number of fused-ring (bicyclic) bond motifs is 1. The molecule has 0 bridgehead atoms. The zero-order valence-corrected chi connectivity index (χ0v) is 21.5. The highest BCUT2D eigenvalue weighted by atomic mass is 15.3. The van der Waals surface area contributed by atoms with Gasteiger partial charge in [0.15, 0.2) is 5.65 Å². The zero-order chi connectivity index (χ0) is 23.8. The number of aryl methyl sites for hydroxylation is 1. The molecule has 0 aromatic carbocycles. The molecule has 5 rings (SSSR count). The van der Waals surface area contributed by atoms with Crippen molar-refractivity contribution in [2.24, 2.45) is 0 Å². The monoisotopic (exact) mass is 463 g/mol. The molecule has 3 aromatic heterocycles. The fourth-order valence-corrected chi connectivity index (χ4v) is 6.17. The molecule has 2 fully saturated rings. The summed E-state index contributed by atoms with van der Waals surface area (Å²) in [4.78, 5) is 6.98. The number of hydrogen-bond donors (Lipinski definition) is 2. The first-order valence-corrected chi connectivity index (χ1v) is 13.3. The van der Waals surface area contributed by atoms with Gasteiger partial charge in [-0.1, -0.05) is 13.8 Å². The van der Waals surface area contributed by atoms with Crippen LogP contribution < -0.4 is 5.32 Å². The highest BCUT2D eigenvalue weighted by Crippen LogP contribution is 2.40. The maximum absolute atomic E-state index is 4.84. The van der Waals surface area contributed by atoms with Gasteiger partial charge in [-0.3, -0.25) is 5.10 Å². The molecular formula is C27H41N7. The minimum atomic E-state index is 0.414. The van der Waals surface area contributed by atoms with E-state index in [2.05, 4.69) is 72.3 Å². The maximum Gasteiger partial charge on any atom is 0.158 e. The molecular weight excluding hydrogens is 422 g/mol. The normalized spacial score (nSPS) is 22.9. The Balaban J connectivity index is 1.27. The standard InChI is InChI=1S/C27H41N7/c1-17(2)24-25(31-32-26(24)21-14-19(5)27-28-16-29-34(27)15-21)20-6-8-22(9-7-20)30-23-10-12-33(13-11-23)18(3)4/h14-18,20,22-23,30H,6-13H2,1-5H3,(H,31,32). The third kappa shape index (κ3) is 4.65. The second-order valence-electron chi connectivity index (χ2n) is 11.1. The first kappa shape index (κ1) is 23.5. The number of nitrogens with one attached hydrogen (secondary N) is 2. The second kappa shape index (κ2) is 9.78. The van der Waals surface area contributed by atoms with E-state index in [4.69, 9.17) is 5.10 Å². The van der Waals surface area contributed by atoms with Crippen LogP contribution in [0.3, 0.4) is 0 Å². The molecule has 7 nitrogen and oxygen atoms in total. The van der Waals surface area contributed by atoms with Crippen LogP contribution in [0.2, 0.25) is 0 Å². The molecule has 2 aliphatic rings. The summed E-state index contributed by atoms with van der Waals surface area (Å²) in [6.07, 6.45) is 11.2. The highest BCUT2D eigenvalue weighted by Gasteiger charge is 2.30. The van der Waals surface area contributed by atoms with E-state index in [9.17, 15) is 0 Å². The van der Waals surface area contributed by atoms with Crippen LogP contribution in [0.15, 0.2) is 18.6 Å². The molecule has 1 aliphatic heterocycles. The molecule has 3 aromatic rings. The van der Waals surface area contributed by atoms with Crippen molar-refractivity contribution in [1.82, 2.24) is 35.0 Å². The lowest BCUT2D eigenvalue weighted by Gasteiger charge is -2.38. The van der Waals surface area contributed by atoms with Crippen LogP contribution in [0.5, 0.6) is 0 Å². The van der Waals surface area contributed by atoms with E-state index >= 15 is 0 Å². The summed E-state index contributed by atoms with van der Waals surface area (Å²) in [6.45, 7) is 13.8. The first-order valence-electron chi connectivity index (χ1n) is 13.3. The molecule has 0 atom stereocenters. The van der Waals surface area contributed by atoms with Crippen molar-refractivity contribution in [3.8, 4) is 11.3 Å². The number of nitrogens with zero attached hydrogens (tertiary/aromatic N) is 5. The lowest BCUT2D eigenvalue weighted by atomic mass is 9.80. The minimum Gasteiger partial charge on any atom is -0.311 e. The first-order chi connectivity index (χ1) is 16.4. The lowest BCUT2D eigenvalue weighted by Crippen LogP contribution is -2.48. The maximum atomic E-state index is 4.84. The molecule has 34 heavy (non-hydrogen) atoms. The van der Waals surface area contributed by atoms with E-state index in [1.807, 2.05) is 4.52 Å². The van der Waals surface area contributed by atoms with Gasteiger partial charge in [0.2, 0.25) is 0 Å². The van der Waals surface area contributed by atoms with Gasteiger partial charge in [0, 0.05) is 47.1 Å². The Hall–Kier alpha value is -2.25. The van der Waals surface area contributed by atoms with E-state index in [-0.39, 0.29) is 0 Å². The van der Waals surface area contributed by atoms with Crippen LogP contribution in [-0.2, 0) is 0 Å². The van der Waals surface area contributed by atoms with Crippen molar-refractivity contribution in [1.29, 1.82) is 0 Å². The van der Waals surface area contributed by atoms with Crippen LogP contribution in [0.25, 0.3) is 16.9 Å². The predicted molar refractivity (Wildman–Crippen MR) is 137 cm³/mol. The van der Waals surface area contributed by atoms with Crippen LogP contribution in [0.1, 0.15) is 94.9 Å². The van der Waals surface area contributed by atoms with E-state index in [1.54, 1.807) is 6.33 Å². The third-order valence-electron chi connectivity index (χ3n) is 8.11. The number of hydrogen-bond acceptors (Lipinski definition) is 5. The van der Waals surface area contributed by atoms with E-state index in [0.717, 1.165) is 22.5 Å². The highest BCUT2D eigenvalue weighted by molar-refractivity contribution is 5.68. The van der Waals surface area contributed by atoms with Crippen molar-refractivity contribution in [3.63, 3.8) is 0 Å². The van der Waals surface area contributed by atoms with Gasteiger partial charge < -0.3 is 10.2 Å². The average molecular weight is 464 g/mol. The summed E-state index contributed by atoms with van der Waals surface area (Å²) in [7, 11) is 0.